The largest absolute Gasteiger partial charge is 0.493 e. The summed E-state index contributed by atoms with van der Waals surface area (Å²) >= 11 is 0. The van der Waals surface area contributed by atoms with Crippen LogP contribution in [0.25, 0.3) is 0 Å². The van der Waals surface area contributed by atoms with Crippen LogP contribution in [0.1, 0.15) is 18.4 Å². The number of rotatable bonds is 7. The zero-order chi connectivity index (χ0) is 14.1. The molecule has 104 valence electrons. The number of ether oxygens (including phenoxy) is 2. The van der Waals surface area contributed by atoms with E-state index in [9.17, 15) is 9.59 Å². The molecule has 5 nitrogen and oxygen atoms in total. The van der Waals surface area contributed by atoms with Gasteiger partial charge in [0.15, 0.2) is 0 Å². The fourth-order valence-corrected chi connectivity index (χ4v) is 1.46. The van der Waals surface area contributed by atoms with Crippen molar-refractivity contribution in [2.75, 3.05) is 20.3 Å². The number of amides is 1. The Bertz CT molecular complexity index is 431. The van der Waals surface area contributed by atoms with E-state index in [0.29, 0.717) is 6.61 Å². The third-order valence-corrected chi connectivity index (χ3v) is 2.47. The number of nitrogens with one attached hydrogen (secondary N) is 1. The van der Waals surface area contributed by atoms with Crippen molar-refractivity contribution in [2.24, 2.45) is 0 Å². The monoisotopic (exact) mass is 265 g/mol. The average Bonchev–Trinajstić information content (AvgIpc) is 2.38. The average molecular weight is 265 g/mol. The van der Waals surface area contributed by atoms with Gasteiger partial charge in [-0.3, -0.25) is 9.59 Å². The van der Waals surface area contributed by atoms with Crippen LogP contribution >= 0.6 is 0 Å². The van der Waals surface area contributed by atoms with Crippen LogP contribution in [0.4, 0.5) is 0 Å². The molecule has 0 aliphatic heterocycles. The molecule has 1 aromatic rings. The van der Waals surface area contributed by atoms with E-state index in [2.05, 4.69) is 10.1 Å². The summed E-state index contributed by atoms with van der Waals surface area (Å²) in [6.45, 7) is 2.58. The van der Waals surface area contributed by atoms with Gasteiger partial charge in [0.05, 0.1) is 26.6 Å². The summed E-state index contributed by atoms with van der Waals surface area (Å²) in [4.78, 5) is 22.3. The molecule has 0 aromatic heterocycles. The first-order valence-corrected chi connectivity index (χ1v) is 6.15. The molecule has 0 bridgehead atoms. The van der Waals surface area contributed by atoms with Crippen LogP contribution in [0.15, 0.2) is 24.3 Å². The third-order valence-electron chi connectivity index (χ3n) is 2.47. The summed E-state index contributed by atoms with van der Waals surface area (Å²) in [6.07, 6.45) is 0.441. The molecule has 5 heteroatoms. The van der Waals surface area contributed by atoms with E-state index >= 15 is 0 Å². The Morgan fingerprint density at radius 3 is 2.74 bits per heavy atom. The van der Waals surface area contributed by atoms with E-state index in [4.69, 9.17) is 4.74 Å². The first kappa shape index (κ1) is 15.0. The highest BCUT2D eigenvalue weighted by atomic mass is 16.5. The van der Waals surface area contributed by atoms with Crippen molar-refractivity contribution < 1.29 is 19.1 Å². The Hall–Kier alpha value is -2.04. The Morgan fingerprint density at radius 1 is 1.26 bits per heavy atom. The minimum atomic E-state index is -0.337. The van der Waals surface area contributed by atoms with Crippen LogP contribution in [-0.4, -0.2) is 32.1 Å². The molecule has 0 saturated carbocycles. The molecule has 0 atom stereocenters. The minimum Gasteiger partial charge on any atom is -0.493 e. The molecule has 0 radical (unpaired) electrons. The van der Waals surface area contributed by atoms with Gasteiger partial charge < -0.3 is 14.8 Å². The lowest BCUT2D eigenvalue weighted by Gasteiger charge is -2.07. The highest BCUT2D eigenvalue weighted by Crippen LogP contribution is 2.12. The molecule has 0 unspecified atom stereocenters. The second-order valence-corrected chi connectivity index (χ2v) is 4.09. The zero-order valence-electron chi connectivity index (χ0n) is 11.3. The van der Waals surface area contributed by atoms with E-state index in [0.717, 1.165) is 11.3 Å². The fraction of sp³-hybridized carbons (Fsp3) is 0.429. The van der Waals surface area contributed by atoms with Gasteiger partial charge in [0.2, 0.25) is 5.91 Å². The van der Waals surface area contributed by atoms with Crippen molar-refractivity contribution >= 4 is 11.9 Å². The topological polar surface area (TPSA) is 64.6 Å². The Morgan fingerprint density at radius 2 is 2.05 bits per heavy atom. The van der Waals surface area contributed by atoms with Crippen LogP contribution in [0, 0.1) is 6.92 Å². The summed E-state index contributed by atoms with van der Waals surface area (Å²) in [6, 6.07) is 7.64. The van der Waals surface area contributed by atoms with Crippen molar-refractivity contribution in [3.63, 3.8) is 0 Å². The SMILES string of the molecule is COC(=O)CCNC(=O)CCOc1cccc(C)c1. The van der Waals surface area contributed by atoms with Crippen molar-refractivity contribution in [1.82, 2.24) is 5.32 Å². The van der Waals surface area contributed by atoms with Crippen molar-refractivity contribution in [3.05, 3.63) is 29.8 Å². The summed E-state index contributed by atoms with van der Waals surface area (Å²) in [5, 5.41) is 2.63. The molecular weight excluding hydrogens is 246 g/mol. The maximum atomic E-state index is 11.4. The number of hydrogen-bond acceptors (Lipinski definition) is 4. The van der Waals surface area contributed by atoms with Crippen LogP contribution in [0.3, 0.4) is 0 Å². The lowest BCUT2D eigenvalue weighted by atomic mass is 10.2. The highest BCUT2D eigenvalue weighted by molar-refractivity contribution is 5.77. The number of esters is 1. The van der Waals surface area contributed by atoms with Crippen molar-refractivity contribution in [3.8, 4) is 5.75 Å². The lowest BCUT2D eigenvalue weighted by molar-refractivity contribution is -0.140. The van der Waals surface area contributed by atoms with Gasteiger partial charge in [-0.2, -0.15) is 0 Å². The zero-order valence-corrected chi connectivity index (χ0v) is 11.3. The van der Waals surface area contributed by atoms with E-state index in [1.807, 2.05) is 31.2 Å². The Labute approximate surface area is 112 Å². The van der Waals surface area contributed by atoms with Crippen LogP contribution < -0.4 is 10.1 Å². The molecule has 1 amide bonds. The lowest BCUT2D eigenvalue weighted by Crippen LogP contribution is -2.27. The summed E-state index contributed by atoms with van der Waals surface area (Å²) in [7, 11) is 1.32. The first-order chi connectivity index (χ1) is 9.11. The van der Waals surface area contributed by atoms with E-state index in [1.165, 1.54) is 7.11 Å². The fourth-order valence-electron chi connectivity index (χ4n) is 1.46. The number of hydrogen-bond donors (Lipinski definition) is 1. The number of methoxy groups -OCH3 is 1. The van der Waals surface area contributed by atoms with Crippen molar-refractivity contribution in [2.45, 2.75) is 19.8 Å². The summed E-state index contributed by atoms with van der Waals surface area (Å²) in [5.41, 5.74) is 1.11. The predicted octanol–water partition coefficient (Wildman–Crippen LogP) is 1.44. The first-order valence-electron chi connectivity index (χ1n) is 6.15. The molecule has 1 N–H and O–H groups in total. The summed E-state index contributed by atoms with van der Waals surface area (Å²) in [5.74, 6) is 0.273. The van der Waals surface area contributed by atoms with Gasteiger partial charge in [-0.1, -0.05) is 12.1 Å². The standard InChI is InChI=1S/C14H19NO4/c1-11-4-3-5-12(10-11)19-9-7-13(16)15-8-6-14(17)18-2/h3-5,10H,6-9H2,1-2H3,(H,15,16). The van der Waals surface area contributed by atoms with Gasteiger partial charge in [0.1, 0.15) is 5.75 Å². The third kappa shape index (κ3) is 6.45. The molecule has 19 heavy (non-hydrogen) atoms. The number of aryl methyl sites for hydroxylation is 1. The minimum absolute atomic E-state index is 0.142. The van der Waals surface area contributed by atoms with Crippen LogP contribution in [0.5, 0.6) is 5.75 Å². The normalized spacial score (nSPS) is 9.79. The van der Waals surface area contributed by atoms with Gasteiger partial charge in [-0.05, 0) is 24.6 Å². The molecule has 0 fully saturated rings. The number of carbonyl (C=O) groups excluding carboxylic acids is 2. The predicted molar refractivity (Wildman–Crippen MR) is 70.9 cm³/mol. The maximum Gasteiger partial charge on any atom is 0.307 e. The molecule has 1 rings (SSSR count). The van der Waals surface area contributed by atoms with Gasteiger partial charge in [0.25, 0.3) is 0 Å². The van der Waals surface area contributed by atoms with Crippen molar-refractivity contribution in [1.29, 1.82) is 0 Å². The Kier molecular flexibility index (Phi) is 6.43. The molecule has 1 aromatic carbocycles. The molecule has 0 aliphatic carbocycles. The molecule has 0 spiro atoms. The van der Waals surface area contributed by atoms with Gasteiger partial charge in [0, 0.05) is 6.54 Å². The smallest absolute Gasteiger partial charge is 0.307 e. The highest BCUT2D eigenvalue weighted by Gasteiger charge is 2.04. The second kappa shape index (κ2) is 8.13. The second-order valence-electron chi connectivity index (χ2n) is 4.09. The molecule has 0 heterocycles. The van der Waals surface area contributed by atoms with Crippen LogP contribution in [0.2, 0.25) is 0 Å². The van der Waals surface area contributed by atoms with E-state index < -0.39 is 0 Å². The van der Waals surface area contributed by atoms with Gasteiger partial charge in [-0.25, -0.2) is 0 Å². The van der Waals surface area contributed by atoms with E-state index in [-0.39, 0.29) is 31.3 Å². The maximum absolute atomic E-state index is 11.4. The number of benzene rings is 1. The molecule has 0 saturated heterocycles. The quantitative estimate of drug-likeness (QED) is 0.758. The van der Waals surface area contributed by atoms with Crippen LogP contribution in [-0.2, 0) is 14.3 Å². The molecular formula is C14H19NO4. The Balaban J connectivity index is 2.15. The van der Waals surface area contributed by atoms with Gasteiger partial charge in [-0.15, -0.1) is 0 Å². The molecule has 0 aliphatic rings. The van der Waals surface area contributed by atoms with E-state index in [1.54, 1.807) is 0 Å². The number of carbonyl (C=O) groups is 2. The summed E-state index contributed by atoms with van der Waals surface area (Å²) < 4.78 is 9.92. The van der Waals surface area contributed by atoms with Gasteiger partial charge >= 0.3 is 5.97 Å².